The van der Waals surface area contributed by atoms with Gasteiger partial charge in [-0.2, -0.15) is 0 Å². The molecular weight excluding hydrogens is 312 g/mol. The third kappa shape index (κ3) is 4.69. The first kappa shape index (κ1) is 17.9. The highest BCUT2D eigenvalue weighted by Gasteiger charge is 2.19. The monoisotopic (exact) mass is 332 g/mol. The predicted octanol–water partition coefficient (Wildman–Crippen LogP) is 0.826. The van der Waals surface area contributed by atoms with Crippen molar-refractivity contribution in [2.24, 2.45) is 0 Å². The summed E-state index contributed by atoms with van der Waals surface area (Å²) in [5.74, 6) is 0.905. The van der Waals surface area contributed by atoms with Gasteiger partial charge >= 0.3 is 6.09 Å². The number of sulfonamides is 1. The highest BCUT2D eigenvalue weighted by Crippen LogP contribution is 2.32. The molecule has 1 aromatic carbocycles. The summed E-state index contributed by atoms with van der Waals surface area (Å²) in [6.45, 7) is 0.164. The Kier molecular flexibility index (Phi) is 6.29. The summed E-state index contributed by atoms with van der Waals surface area (Å²) in [5.41, 5.74) is 0.409. The Morgan fingerprint density at radius 2 is 1.82 bits per heavy atom. The average molecular weight is 332 g/mol. The number of ether oxygens (including phenoxy) is 3. The van der Waals surface area contributed by atoms with Crippen LogP contribution in [0.5, 0.6) is 11.5 Å². The van der Waals surface area contributed by atoms with Crippen molar-refractivity contribution in [1.29, 1.82) is 0 Å². The van der Waals surface area contributed by atoms with E-state index in [0.29, 0.717) is 17.2 Å². The molecule has 22 heavy (non-hydrogen) atoms. The summed E-state index contributed by atoms with van der Waals surface area (Å²) in [4.78, 5) is 11.0. The second-order valence-corrected chi connectivity index (χ2v) is 6.20. The molecule has 0 aromatic heterocycles. The fourth-order valence-corrected chi connectivity index (χ4v) is 2.72. The zero-order chi connectivity index (χ0) is 16.8. The minimum Gasteiger partial charge on any atom is -0.493 e. The van der Waals surface area contributed by atoms with Crippen molar-refractivity contribution in [2.45, 2.75) is 0 Å². The molecule has 0 heterocycles. The van der Waals surface area contributed by atoms with E-state index >= 15 is 0 Å². The van der Waals surface area contributed by atoms with Crippen molar-refractivity contribution < 1.29 is 27.4 Å². The standard InChI is InChI=1S/C13H20N2O6S/c1-19-11-6-5-10(9-12(11)20-2)15(22(4,17)18)8-7-14-13(16)21-3/h5-6,9H,7-8H2,1-4H3,(H,14,16). The zero-order valence-corrected chi connectivity index (χ0v) is 13.8. The van der Waals surface area contributed by atoms with Crippen LogP contribution in [0.4, 0.5) is 10.5 Å². The maximum absolute atomic E-state index is 11.9. The fraction of sp³-hybridized carbons (Fsp3) is 0.462. The first-order valence-electron chi connectivity index (χ1n) is 6.35. The molecule has 0 atom stereocenters. The van der Waals surface area contributed by atoms with Gasteiger partial charge < -0.3 is 19.5 Å². The van der Waals surface area contributed by atoms with Crippen LogP contribution in [-0.4, -0.2) is 55.2 Å². The first-order chi connectivity index (χ1) is 10.3. The highest BCUT2D eigenvalue weighted by molar-refractivity contribution is 7.92. The van der Waals surface area contributed by atoms with Gasteiger partial charge in [0.2, 0.25) is 10.0 Å². The van der Waals surface area contributed by atoms with E-state index in [-0.39, 0.29) is 13.1 Å². The second-order valence-electron chi connectivity index (χ2n) is 4.29. The Morgan fingerprint density at radius 1 is 1.18 bits per heavy atom. The van der Waals surface area contributed by atoms with Crippen LogP contribution in [0.3, 0.4) is 0 Å². The molecule has 8 nitrogen and oxygen atoms in total. The molecule has 1 N–H and O–H groups in total. The van der Waals surface area contributed by atoms with Gasteiger partial charge in [-0.05, 0) is 12.1 Å². The largest absolute Gasteiger partial charge is 0.493 e. The van der Waals surface area contributed by atoms with Crippen LogP contribution < -0.4 is 19.1 Å². The minimum atomic E-state index is -3.52. The Balaban J connectivity index is 3.00. The number of amides is 1. The van der Waals surface area contributed by atoms with Crippen molar-refractivity contribution in [2.75, 3.05) is 45.0 Å². The quantitative estimate of drug-likeness (QED) is 0.795. The van der Waals surface area contributed by atoms with Gasteiger partial charge in [-0.1, -0.05) is 0 Å². The molecule has 0 saturated carbocycles. The average Bonchev–Trinajstić information content (AvgIpc) is 2.49. The summed E-state index contributed by atoms with van der Waals surface area (Å²) >= 11 is 0. The van der Waals surface area contributed by atoms with Crippen molar-refractivity contribution in [1.82, 2.24) is 5.32 Å². The summed E-state index contributed by atoms with van der Waals surface area (Å²) in [5, 5.41) is 2.43. The van der Waals surface area contributed by atoms with Gasteiger partial charge in [0.1, 0.15) is 0 Å². The van der Waals surface area contributed by atoms with E-state index < -0.39 is 16.1 Å². The third-order valence-electron chi connectivity index (χ3n) is 2.83. The van der Waals surface area contributed by atoms with E-state index in [4.69, 9.17) is 9.47 Å². The number of hydrogen-bond acceptors (Lipinski definition) is 6. The van der Waals surface area contributed by atoms with E-state index in [0.717, 1.165) is 10.6 Å². The van der Waals surface area contributed by atoms with Gasteiger partial charge in [0.05, 0.1) is 39.8 Å². The normalized spacial score (nSPS) is 10.7. The number of carbonyl (C=O) groups is 1. The SMILES string of the molecule is COC(=O)NCCN(c1ccc(OC)c(OC)c1)S(C)(=O)=O. The van der Waals surface area contributed by atoms with Gasteiger partial charge in [0.25, 0.3) is 0 Å². The van der Waals surface area contributed by atoms with Gasteiger partial charge in [0, 0.05) is 12.6 Å². The Labute approximate surface area is 130 Å². The second kappa shape index (κ2) is 7.74. The lowest BCUT2D eigenvalue weighted by Gasteiger charge is -2.23. The van der Waals surface area contributed by atoms with Crippen LogP contribution in [0.1, 0.15) is 0 Å². The molecule has 0 fully saturated rings. The summed E-state index contributed by atoms with van der Waals surface area (Å²) < 4.78 is 39.8. The van der Waals surface area contributed by atoms with Crippen LogP contribution in [0.25, 0.3) is 0 Å². The number of carbonyl (C=O) groups excluding carboxylic acids is 1. The number of hydrogen-bond donors (Lipinski definition) is 1. The molecule has 0 unspecified atom stereocenters. The topological polar surface area (TPSA) is 94.2 Å². The Morgan fingerprint density at radius 3 is 2.32 bits per heavy atom. The van der Waals surface area contributed by atoms with Gasteiger partial charge in [0.15, 0.2) is 11.5 Å². The maximum Gasteiger partial charge on any atom is 0.406 e. The number of rotatable bonds is 7. The number of nitrogens with zero attached hydrogens (tertiary/aromatic N) is 1. The molecule has 9 heteroatoms. The van der Waals surface area contributed by atoms with Crippen LogP contribution >= 0.6 is 0 Å². The lowest BCUT2D eigenvalue weighted by atomic mass is 10.2. The highest BCUT2D eigenvalue weighted by atomic mass is 32.2. The van der Waals surface area contributed by atoms with Gasteiger partial charge in [-0.25, -0.2) is 13.2 Å². The molecule has 0 saturated heterocycles. The summed E-state index contributed by atoms with van der Waals surface area (Å²) in [7, 11) is 0.668. The molecule has 1 amide bonds. The van der Waals surface area contributed by atoms with Crippen LogP contribution in [0, 0.1) is 0 Å². The van der Waals surface area contributed by atoms with Crippen molar-refractivity contribution >= 4 is 21.8 Å². The third-order valence-corrected chi connectivity index (χ3v) is 4.02. The van der Waals surface area contributed by atoms with E-state index in [1.54, 1.807) is 18.2 Å². The predicted molar refractivity (Wildman–Crippen MR) is 82.1 cm³/mol. The molecule has 0 aliphatic heterocycles. The number of benzene rings is 1. The first-order valence-corrected chi connectivity index (χ1v) is 8.20. The van der Waals surface area contributed by atoms with E-state index in [1.165, 1.54) is 21.3 Å². The van der Waals surface area contributed by atoms with Crippen LogP contribution in [0.15, 0.2) is 18.2 Å². The number of anilines is 1. The number of alkyl carbamates (subject to hydrolysis) is 1. The molecule has 124 valence electrons. The molecule has 0 bridgehead atoms. The molecule has 0 radical (unpaired) electrons. The molecule has 1 aromatic rings. The maximum atomic E-state index is 11.9. The van der Waals surface area contributed by atoms with E-state index in [9.17, 15) is 13.2 Å². The van der Waals surface area contributed by atoms with Crippen molar-refractivity contribution in [3.63, 3.8) is 0 Å². The molecule has 0 aliphatic carbocycles. The van der Waals surface area contributed by atoms with Gasteiger partial charge in [-0.3, -0.25) is 4.31 Å². The van der Waals surface area contributed by atoms with Crippen molar-refractivity contribution in [3.8, 4) is 11.5 Å². The summed E-state index contributed by atoms with van der Waals surface area (Å²) in [6.07, 6.45) is 0.461. The molecule has 0 aliphatic rings. The van der Waals surface area contributed by atoms with Crippen LogP contribution in [-0.2, 0) is 14.8 Å². The molecule has 0 spiro atoms. The molecular formula is C13H20N2O6S. The van der Waals surface area contributed by atoms with Crippen molar-refractivity contribution in [3.05, 3.63) is 18.2 Å². The lowest BCUT2D eigenvalue weighted by molar-refractivity contribution is 0.171. The van der Waals surface area contributed by atoms with Gasteiger partial charge in [-0.15, -0.1) is 0 Å². The smallest absolute Gasteiger partial charge is 0.406 e. The lowest BCUT2D eigenvalue weighted by Crippen LogP contribution is -2.38. The number of methoxy groups -OCH3 is 3. The minimum absolute atomic E-state index is 0.0589. The van der Waals surface area contributed by atoms with E-state index in [2.05, 4.69) is 10.1 Å². The number of nitrogens with one attached hydrogen (secondary N) is 1. The Hall–Kier alpha value is -2.16. The summed E-state index contributed by atoms with van der Waals surface area (Å²) in [6, 6.07) is 4.76. The molecule has 1 rings (SSSR count). The fourth-order valence-electron chi connectivity index (χ4n) is 1.80. The zero-order valence-electron chi connectivity index (χ0n) is 13.0. The van der Waals surface area contributed by atoms with Crippen LogP contribution in [0.2, 0.25) is 0 Å². The Bertz CT molecular complexity index is 617. The van der Waals surface area contributed by atoms with E-state index in [1.807, 2.05) is 0 Å².